The van der Waals surface area contributed by atoms with E-state index in [4.69, 9.17) is 0 Å². The van der Waals surface area contributed by atoms with E-state index in [1.165, 1.54) is 0 Å². The van der Waals surface area contributed by atoms with Gasteiger partial charge in [-0.2, -0.15) is 0 Å². The van der Waals surface area contributed by atoms with Crippen LogP contribution in [0.25, 0.3) is 0 Å². The summed E-state index contributed by atoms with van der Waals surface area (Å²) in [5.41, 5.74) is 10.0. The molecule has 0 bridgehead atoms. The first kappa shape index (κ1) is 17.1. The van der Waals surface area contributed by atoms with Gasteiger partial charge >= 0.3 is 142 Å². The Kier molecular flexibility index (Phi) is 4.19. The van der Waals surface area contributed by atoms with E-state index in [0.29, 0.717) is 0 Å². The molecule has 0 nitrogen and oxygen atoms in total. The van der Waals surface area contributed by atoms with Crippen LogP contribution in [-0.2, 0) is 0 Å². The summed E-state index contributed by atoms with van der Waals surface area (Å²) in [6.45, 7) is 23.7. The van der Waals surface area contributed by atoms with Gasteiger partial charge in [0.05, 0.1) is 0 Å². The van der Waals surface area contributed by atoms with Crippen LogP contribution in [0, 0.1) is 10.8 Å². The van der Waals surface area contributed by atoms with Crippen LogP contribution in [0.4, 0.5) is 0 Å². The Bertz CT molecular complexity index is 575. The summed E-state index contributed by atoms with van der Waals surface area (Å²) < 4.78 is 3.59. The van der Waals surface area contributed by atoms with Crippen molar-refractivity contribution in [2.45, 2.75) is 69.2 Å². The van der Waals surface area contributed by atoms with Gasteiger partial charge < -0.3 is 0 Å². The van der Waals surface area contributed by atoms with Crippen molar-refractivity contribution in [2.75, 3.05) is 0 Å². The van der Waals surface area contributed by atoms with E-state index in [0.717, 1.165) is 0 Å². The Morgan fingerprint density at radius 3 is 1.00 bits per heavy atom. The molecule has 21 heavy (non-hydrogen) atoms. The minimum absolute atomic E-state index is 0.286. The van der Waals surface area contributed by atoms with Gasteiger partial charge in [-0.15, -0.1) is 0 Å². The quantitative estimate of drug-likeness (QED) is 0.509. The molecule has 112 valence electrons. The van der Waals surface area contributed by atoms with Gasteiger partial charge in [0.15, 0.2) is 0 Å². The van der Waals surface area contributed by atoms with Crippen LogP contribution in [0.2, 0.25) is 0 Å². The van der Waals surface area contributed by atoms with Crippen molar-refractivity contribution in [3.8, 4) is 0 Å². The van der Waals surface area contributed by atoms with Gasteiger partial charge in [0.25, 0.3) is 0 Å². The first-order chi connectivity index (χ1) is 9.44. The second-order valence-electron chi connectivity index (χ2n) is 7.88. The first-order valence-corrected chi connectivity index (χ1v) is 10.9. The fourth-order valence-electron chi connectivity index (χ4n) is 3.81. The van der Waals surface area contributed by atoms with E-state index < -0.39 is 21.1 Å². The summed E-state index contributed by atoms with van der Waals surface area (Å²) in [5, 5.41) is 0. The molecule has 0 aromatic carbocycles. The first-order valence-electron chi connectivity index (χ1n) is 8.00. The Morgan fingerprint density at radius 2 is 0.810 bits per heavy atom. The maximum absolute atomic E-state index is 2.43. The van der Waals surface area contributed by atoms with E-state index in [-0.39, 0.29) is 10.8 Å². The van der Waals surface area contributed by atoms with Crippen molar-refractivity contribution in [1.82, 2.24) is 0 Å². The van der Waals surface area contributed by atoms with Crippen LogP contribution < -0.4 is 0 Å². The Morgan fingerprint density at radius 1 is 0.524 bits per heavy atom. The number of hydrogen-bond acceptors (Lipinski definition) is 0. The Hall–Kier alpha value is -0.241. The predicted octanol–water partition coefficient (Wildman–Crippen LogP) is 5.99. The van der Waals surface area contributed by atoms with Crippen molar-refractivity contribution >= 4 is 21.1 Å². The molecule has 0 atom stereocenters. The fraction of sp³-hybridized carbons (Fsp3) is 0.600. The zero-order chi connectivity index (χ0) is 16.3. The SMILES string of the molecule is CC1=C(C)C(C)(C)[C]([Sn+2][C]2=C(C)C(C)=C(C)C2(C)C)=C1C. The fourth-order valence-corrected chi connectivity index (χ4v) is 9.52. The molecule has 2 rings (SSSR count). The van der Waals surface area contributed by atoms with Gasteiger partial charge in [-0.1, -0.05) is 0 Å². The van der Waals surface area contributed by atoms with Crippen molar-refractivity contribution in [2.24, 2.45) is 10.8 Å². The van der Waals surface area contributed by atoms with Crippen LogP contribution in [0.5, 0.6) is 0 Å². The molecule has 0 unspecified atom stereocenters. The maximum atomic E-state index is 2.43. The van der Waals surface area contributed by atoms with Crippen molar-refractivity contribution in [3.05, 3.63) is 40.6 Å². The second-order valence-corrected chi connectivity index (χ2v) is 11.4. The summed E-state index contributed by atoms with van der Waals surface area (Å²) >= 11 is -0.730. The van der Waals surface area contributed by atoms with Gasteiger partial charge in [0.2, 0.25) is 0 Å². The molecule has 0 aliphatic heterocycles. The second kappa shape index (κ2) is 5.15. The van der Waals surface area contributed by atoms with Crippen LogP contribution >= 0.6 is 0 Å². The molecule has 0 fully saturated rings. The monoisotopic (exact) mass is 390 g/mol. The third kappa shape index (κ3) is 2.33. The van der Waals surface area contributed by atoms with E-state index >= 15 is 0 Å². The zero-order valence-electron chi connectivity index (χ0n) is 15.5. The molecule has 0 amide bonds. The van der Waals surface area contributed by atoms with Gasteiger partial charge in [0, 0.05) is 0 Å². The summed E-state index contributed by atoms with van der Waals surface area (Å²) in [5.74, 6) is 0. The van der Waals surface area contributed by atoms with Gasteiger partial charge in [-0.25, -0.2) is 0 Å². The van der Waals surface area contributed by atoms with Crippen molar-refractivity contribution in [1.29, 1.82) is 0 Å². The topological polar surface area (TPSA) is 0 Å². The summed E-state index contributed by atoms with van der Waals surface area (Å²) in [7, 11) is 0. The van der Waals surface area contributed by atoms with Crippen LogP contribution in [0.1, 0.15) is 69.2 Å². The van der Waals surface area contributed by atoms with Gasteiger partial charge in [0.1, 0.15) is 0 Å². The van der Waals surface area contributed by atoms with E-state index in [1.54, 1.807) is 40.6 Å². The molecule has 0 N–H and O–H groups in total. The zero-order valence-corrected chi connectivity index (χ0v) is 18.4. The average Bonchev–Trinajstić information content (AvgIpc) is 2.63. The molecule has 1 heteroatoms. The van der Waals surface area contributed by atoms with Crippen molar-refractivity contribution in [3.63, 3.8) is 0 Å². The molecule has 0 saturated heterocycles. The molecule has 0 saturated carbocycles. The Balaban J connectivity index is 2.47. The average molecular weight is 389 g/mol. The van der Waals surface area contributed by atoms with Gasteiger partial charge in [-0.3, -0.25) is 0 Å². The van der Waals surface area contributed by atoms with Crippen LogP contribution in [-0.4, -0.2) is 21.1 Å². The molecule has 0 heterocycles. The molecule has 0 aromatic rings. The Labute approximate surface area is 141 Å². The minimum atomic E-state index is -0.730. The normalized spacial score (nSPS) is 24.5. The number of allylic oxidation sites excluding steroid dienone is 8. The predicted molar refractivity (Wildman–Crippen MR) is 95.5 cm³/mol. The standard InChI is InChI=1S/2C10H15.Sn/c2*1-7-6-10(4,5)9(3)8(7)2;/h2*1-5H3;/q;;+2. The third-order valence-electron chi connectivity index (χ3n) is 6.38. The number of hydrogen-bond donors (Lipinski definition) is 0. The van der Waals surface area contributed by atoms with E-state index in [2.05, 4.69) is 69.2 Å². The molecular formula is C20H30Sn+2. The van der Waals surface area contributed by atoms with Crippen molar-refractivity contribution < 1.29 is 0 Å². The molecule has 2 aliphatic carbocycles. The number of rotatable bonds is 2. The molecule has 0 radical (unpaired) electrons. The van der Waals surface area contributed by atoms with E-state index in [9.17, 15) is 0 Å². The molecular weight excluding hydrogens is 359 g/mol. The summed E-state index contributed by atoms with van der Waals surface area (Å²) in [4.78, 5) is 0. The molecule has 0 spiro atoms. The molecule has 0 aromatic heterocycles. The van der Waals surface area contributed by atoms with Crippen LogP contribution in [0.15, 0.2) is 40.6 Å². The third-order valence-corrected chi connectivity index (χ3v) is 13.5. The summed E-state index contributed by atoms with van der Waals surface area (Å²) in [6, 6.07) is 0. The van der Waals surface area contributed by atoms with Crippen LogP contribution in [0.3, 0.4) is 0 Å². The van der Waals surface area contributed by atoms with Gasteiger partial charge in [-0.05, 0) is 0 Å². The molecule has 2 aliphatic rings. The van der Waals surface area contributed by atoms with E-state index in [1.807, 2.05) is 0 Å². The summed E-state index contributed by atoms with van der Waals surface area (Å²) in [6.07, 6.45) is 0.